The molecule has 30 heavy (non-hydrogen) atoms. The number of hydrogen-bond donors (Lipinski definition) is 1. The standard InChI is InChI=1S/C21H22FN5O3/c1-14(28)25-12-17-13-27(21(29)30-17)16-3-4-18(19(22)11-16)15-5-9-26(10-6-15)20-23-7-2-8-24-20/h2-5,7-8,11,17H,6,9-10,12-13H2,1H3,(H,25,28)/t17-/m0/s1. The maximum atomic E-state index is 14.9. The lowest BCUT2D eigenvalue weighted by Crippen LogP contribution is -2.33. The first-order valence-electron chi connectivity index (χ1n) is 9.75. The number of nitrogens with one attached hydrogen (secondary N) is 1. The van der Waals surface area contributed by atoms with Gasteiger partial charge in [0, 0.05) is 38.0 Å². The normalized spacial score (nSPS) is 18.8. The van der Waals surface area contributed by atoms with E-state index in [4.69, 9.17) is 4.74 Å². The number of rotatable bonds is 5. The summed E-state index contributed by atoms with van der Waals surface area (Å²) in [5.74, 6) is 0.0734. The molecule has 4 rings (SSSR count). The van der Waals surface area contributed by atoms with Crippen molar-refractivity contribution in [1.82, 2.24) is 15.3 Å². The fraction of sp³-hybridized carbons (Fsp3) is 0.333. The highest BCUT2D eigenvalue weighted by atomic mass is 19.1. The number of carbonyl (C=O) groups is 2. The summed E-state index contributed by atoms with van der Waals surface area (Å²) in [5, 5.41) is 2.62. The summed E-state index contributed by atoms with van der Waals surface area (Å²) >= 11 is 0. The molecule has 1 saturated heterocycles. The predicted octanol–water partition coefficient (Wildman–Crippen LogP) is 2.37. The fourth-order valence-electron chi connectivity index (χ4n) is 3.58. The van der Waals surface area contributed by atoms with E-state index in [-0.39, 0.29) is 24.8 Å². The summed E-state index contributed by atoms with van der Waals surface area (Å²) in [6, 6.07) is 6.53. The highest BCUT2D eigenvalue weighted by Gasteiger charge is 2.32. The van der Waals surface area contributed by atoms with E-state index in [2.05, 4.69) is 15.3 Å². The Labute approximate surface area is 173 Å². The minimum atomic E-state index is -0.548. The number of anilines is 2. The lowest BCUT2D eigenvalue weighted by molar-refractivity contribution is -0.119. The summed E-state index contributed by atoms with van der Waals surface area (Å²) in [4.78, 5) is 35.1. The third-order valence-corrected chi connectivity index (χ3v) is 5.11. The Morgan fingerprint density at radius 2 is 2.13 bits per heavy atom. The quantitative estimate of drug-likeness (QED) is 0.813. The van der Waals surface area contributed by atoms with Crippen LogP contribution in [-0.4, -0.2) is 54.3 Å². The van der Waals surface area contributed by atoms with Crippen molar-refractivity contribution >= 4 is 29.2 Å². The van der Waals surface area contributed by atoms with Crippen LogP contribution in [0.5, 0.6) is 0 Å². The second-order valence-electron chi connectivity index (χ2n) is 7.19. The summed E-state index contributed by atoms with van der Waals surface area (Å²) < 4.78 is 20.1. The smallest absolute Gasteiger partial charge is 0.414 e. The van der Waals surface area contributed by atoms with Crippen molar-refractivity contribution in [3.8, 4) is 0 Å². The molecule has 0 bridgehead atoms. The highest BCUT2D eigenvalue weighted by molar-refractivity contribution is 5.90. The Balaban J connectivity index is 1.44. The largest absolute Gasteiger partial charge is 0.442 e. The first-order chi connectivity index (χ1) is 14.5. The van der Waals surface area contributed by atoms with Crippen LogP contribution in [0, 0.1) is 5.82 Å². The number of carbonyl (C=O) groups excluding carboxylic acids is 2. The van der Waals surface area contributed by atoms with E-state index in [9.17, 15) is 14.0 Å². The third-order valence-electron chi connectivity index (χ3n) is 5.11. The molecular weight excluding hydrogens is 389 g/mol. The van der Waals surface area contributed by atoms with Crippen LogP contribution in [0.25, 0.3) is 5.57 Å². The van der Waals surface area contributed by atoms with Crippen molar-refractivity contribution in [1.29, 1.82) is 0 Å². The lowest BCUT2D eigenvalue weighted by atomic mass is 9.98. The molecule has 1 aromatic heterocycles. The molecule has 2 aliphatic heterocycles. The van der Waals surface area contributed by atoms with Gasteiger partial charge in [-0.05, 0) is 36.3 Å². The molecule has 0 saturated carbocycles. The molecule has 1 fully saturated rings. The van der Waals surface area contributed by atoms with Gasteiger partial charge in [0.15, 0.2) is 0 Å². The average molecular weight is 411 g/mol. The van der Waals surface area contributed by atoms with Gasteiger partial charge in [0.05, 0.1) is 18.8 Å². The molecule has 2 amide bonds. The number of cyclic esters (lactones) is 1. The van der Waals surface area contributed by atoms with E-state index in [1.165, 1.54) is 17.9 Å². The van der Waals surface area contributed by atoms with Gasteiger partial charge in [0.25, 0.3) is 0 Å². The van der Waals surface area contributed by atoms with Crippen LogP contribution in [0.15, 0.2) is 42.7 Å². The molecular formula is C21H22FN5O3. The number of ether oxygens (including phenoxy) is 1. The zero-order valence-electron chi connectivity index (χ0n) is 16.5. The molecule has 0 unspecified atom stereocenters. The van der Waals surface area contributed by atoms with Gasteiger partial charge in [-0.3, -0.25) is 9.69 Å². The van der Waals surface area contributed by atoms with E-state index < -0.39 is 12.2 Å². The van der Waals surface area contributed by atoms with Gasteiger partial charge in [-0.15, -0.1) is 0 Å². The van der Waals surface area contributed by atoms with Gasteiger partial charge < -0.3 is 15.0 Å². The average Bonchev–Trinajstić information content (AvgIpc) is 3.13. The van der Waals surface area contributed by atoms with Gasteiger partial charge in [-0.1, -0.05) is 6.08 Å². The molecule has 0 aliphatic carbocycles. The highest BCUT2D eigenvalue weighted by Crippen LogP contribution is 2.30. The van der Waals surface area contributed by atoms with Crippen molar-refractivity contribution in [3.05, 3.63) is 54.1 Å². The lowest BCUT2D eigenvalue weighted by Gasteiger charge is -2.26. The van der Waals surface area contributed by atoms with E-state index in [1.54, 1.807) is 30.6 Å². The molecule has 0 spiro atoms. The zero-order valence-corrected chi connectivity index (χ0v) is 16.5. The number of aromatic nitrogens is 2. The van der Waals surface area contributed by atoms with E-state index in [0.29, 0.717) is 36.7 Å². The van der Waals surface area contributed by atoms with Crippen molar-refractivity contribution in [3.63, 3.8) is 0 Å². The summed E-state index contributed by atoms with van der Waals surface area (Å²) in [5.41, 5.74) is 1.87. The molecule has 0 radical (unpaired) electrons. The zero-order chi connectivity index (χ0) is 21.1. The number of amides is 2. The Kier molecular flexibility index (Phi) is 5.60. The number of halogens is 1. The molecule has 156 valence electrons. The topological polar surface area (TPSA) is 87.7 Å². The Morgan fingerprint density at radius 3 is 2.80 bits per heavy atom. The van der Waals surface area contributed by atoms with Crippen LogP contribution in [0.2, 0.25) is 0 Å². The van der Waals surface area contributed by atoms with E-state index in [0.717, 1.165) is 5.57 Å². The van der Waals surface area contributed by atoms with Crippen LogP contribution >= 0.6 is 0 Å². The third kappa shape index (κ3) is 4.24. The van der Waals surface area contributed by atoms with Crippen LogP contribution in [-0.2, 0) is 9.53 Å². The molecule has 2 aromatic rings. The number of nitrogens with zero attached hydrogens (tertiary/aromatic N) is 4. The number of hydrogen-bond acceptors (Lipinski definition) is 6. The predicted molar refractivity (Wildman–Crippen MR) is 110 cm³/mol. The monoisotopic (exact) mass is 411 g/mol. The maximum Gasteiger partial charge on any atom is 0.414 e. The summed E-state index contributed by atoms with van der Waals surface area (Å²) in [7, 11) is 0. The molecule has 1 aromatic carbocycles. The Hall–Kier alpha value is -3.49. The van der Waals surface area contributed by atoms with Crippen LogP contribution in [0.1, 0.15) is 18.9 Å². The van der Waals surface area contributed by atoms with Gasteiger partial charge in [0.1, 0.15) is 11.9 Å². The maximum absolute atomic E-state index is 14.9. The summed E-state index contributed by atoms with van der Waals surface area (Å²) in [6.07, 6.45) is 5.03. The minimum absolute atomic E-state index is 0.196. The second kappa shape index (κ2) is 8.48. The second-order valence-corrected chi connectivity index (χ2v) is 7.19. The van der Waals surface area contributed by atoms with Gasteiger partial charge in [-0.25, -0.2) is 19.2 Å². The Bertz CT molecular complexity index is 982. The van der Waals surface area contributed by atoms with Crippen molar-refractivity contribution in [2.45, 2.75) is 19.4 Å². The van der Waals surface area contributed by atoms with Crippen LogP contribution in [0.4, 0.5) is 20.8 Å². The molecule has 8 nitrogen and oxygen atoms in total. The number of benzene rings is 1. The van der Waals surface area contributed by atoms with Crippen molar-refractivity contribution in [2.24, 2.45) is 0 Å². The molecule has 1 atom stereocenters. The van der Waals surface area contributed by atoms with Gasteiger partial charge >= 0.3 is 6.09 Å². The van der Waals surface area contributed by atoms with Gasteiger partial charge in [0.2, 0.25) is 11.9 Å². The first-order valence-corrected chi connectivity index (χ1v) is 9.75. The van der Waals surface area contributed by atoms with E-state index in [1.807, 2.05) is 11.0 Å². The molecule has 2 aliphatic rings. The van der Waals surface area contributed by atoms with E-state index >= 15 is 0 Å². The molecule has 3 heterocycles. The van der Waals surface area contributed by atoms with Crippen molar-refractivity contribution < 1.29 is 18.7 Å². The van der Waals surface area contributed by atoms with Crippen LogP contribution in [0.3, 0.4) is 0 Å². The van der Waals surface area contributed by atoms with Crippen molar-refractivity contribution in [2.75, 3.05) is 36.0 Å². The first kappa shape index (κ1) is 19.8. The SMILES string of the molecule is CC(=O)NC[C@H]1CN(c2ccc(C3=CCN(c4ncccn4)CC3)c(F)c2)C(=O)O1. The summed E-state index contributed by atoms with van der Waals surface area (Å²) in [6.45, 7) is 3.18. The van der Waals surface area contributed by atoms with Gasteiger partial charge in [-0.2, -0.15) is 0 Å². The minimum Gasteiger partial charge on any atom is -0.442 e. The fourth-order valence-corrected chi connectivity index (χ4v) is 3.58. The Morgan fingerprint density at radius 1 is 1.33 bits per heavy atom. The molecule has 1 N–H and O–H groups in total. The van der Waals surface area contributed by atoms with Crippen LogP contribution < -0.4 is 15.1 Å². The molecule has 9 heteroatoms.